The second kappa shape index (κ2) is 8.03. The van der Waals surface area contributed by atoms with E-state index in [1.807, 2.05) is 0 Å². The second-order valence-electron chi connectivity index (χ2n) is 5.80. The summed E-state index contributed by atoms with van der Waals surface area (Å²) in [5, 5.41) is 2.74. The molecular weight excluding hydrogens is 359 g/mol. The fourth-order valence-electron chi connectivity index (χ4n) is 2.50. The van der Waals surface area contributed by atoms with Crippen molar-refractivity contribution in [3.05, 3.63) is 71.9 Å². The van der Waals surface area contributed by atoms with Crippen molar-refractivity contribution in [2.75, 3.05) is 0 Å². The van der Waals surface area contributed by atoms with E-state index in [-0.39, 0.29) is 18.9 Å². The summed E-state index contributed by atoms with van der Waals surface area (Å²) in [6.45, 7) is 0.176. The van der Waals surface area contributed by atoms with E-state index in [9.17, 15) is 18.0 Å². The molecule has 1 amide bonds. The first-order valence-corrected chi connectivity index (χ1v) is 8.20. The normalized spacial score (nSPS) is 11.4. The number of halogens is 3. The maximum atomic E-state index is 12.5. The Balaban J connectivity index is 1.54. The lowest BCUT2D eigenvalue weighted by atomic mass is 10.1. The molecule has 3 aromatic rings. The summed E-state index contributed by atoms with van der Waals surface area (Å²) in [4.78, 5) is 20.5. The Hall–Kier alpha value is -3.16. The SMILES string of the molecule is O=C(CCc1ccc(C(F)(F)F)cc1)NCc1nccnc1-c1ccco1. The summed E-state index contributed by atoms with van der Waals surface area (Å²) < 4.78 is 43.0. The van der Waals surface area contributed by atoms with Crippen molar-refractivity contribution in [3.8, 4) is 11.5 Å². The summed E-state index contributed by atoms with van der Waals surface area (Å²) in [6, 6.07) is 8.28. The molecule has 0 saturated carbocycles. The third-order valence-corrected chi connectivity index (χ3v) is 3.90. The molecule has 0 fully saturated rings. The molecule has 0 bridgehead atoms. The molecule has 0 aliphatic heterocycles. The molecule has 0 radical (unpaired) electrons. The third kappa shape index (κ3) is 4.93. The van der Waals surface area contributed by atoms with Crippen LogP contribution in [-0.4, -0.2) is 15.9 Å². The van der Waals surface area contributed by atoms with Gasteiger partial charge in [-0.2, -0.15) is 13.2 Å². The van der Waals surface area contributed by atoms with Crippen LogP contribution in [0.1, 0.15) is 23.2 Å². The predicted molar refractivity (Wildman–Crippen MR) is 91.3 cm³/mol. The number of alkyl halides is 3. The van der Waals surface area contributed by atoms with Gasteiger partial charge in [-0.05, 0) is 36.2 Å². The van der Waals surface area contributed by atoms with Gasteiger partial charge in [-0.25, -0.2) is 4.98 Å². The fraction of sp³-hybridized carbons (Fsp3) is 0.211. The zero-order valence-electron chi connectivity index (χ0n) is 14.2. The number of nitrogens with zero attached hydrogens (tertiary/aromatic N) is 2. The number of hydrogen-bond donors (Lipinski definition) is 1. The van der Waals surface area contributed by atoms with E-state index in [0.29, 0.717) is 29.1 Å². The van der Waals surface area contributed by atoms with E-state index in [1.54, 1.807) is 12.1 Å². The van der Waals surface area contributed by atoms with Crippen molar-refractivity contribution in [3.63, 3.8) is 0 Å². The minimum absolute atomic E-state index is 0.154. The summed E-state index contributed by atoms with van der Waals surface area (Å²) in [7, 11) is 0. The standard InChI is InChI=1S/C19H16F3N3O2/c20-19(21,22)14-6-3-13(4-7-14)5-8-17(26)25-12-15-18(24-10-9-23-15)16-2-1-11-27-16/h1-4,6-7,9-11H,5,8,12H2,(H,25,26). The van der Waals surface area contributed by atoms with Crippen molar-refractivity contribution in [2.45, 2.75) is 25.6 Å². The molecule has 1 aromatic carbocycles. The van der Waals surface area contributed by atoms with Gasteiger partial charge in [0.15, 0.2) is 5.76 Å². The monoisotopic (exact) mass is 375 g/mol. The van der Waals surface area contributed by atoms with E-state index in [2.05, 4.69) is 15.3 Å². The van der Waals surface area contributed by atoms with Crippen LogP contribution in [0.3, 0.4) is 0 Å². The number of nitrogens with one attached hydrogen (secondary N) is 1. The van der Waals surface area contributed by atoms with Crippen molar-refractivity contribution in [1.29, 1.82) is 0 Å². The predicted octanol–water partition coefficient (Wildman–Crippen LogP) is 4.00. The van der Waals surface area contributed by atoms with Crippen LogP contribution >= 0.6 is 0 Å². The molecule has 0 aliphatic carbocycles. The van der Waals surface area contributed by atoms with Gasteiger partial charge in [0.1, 0.15) is 5.69 Å². The van der Waals surface area contributed by atoms with E-state index < -0.39 is 11.7 Å². The Morgan fingerprint density at radius 3 is 2.48 bits per heavy atom. The van der Waals surface area contributed by atoms with Crippen LogP contribution in [0, 0.1) is 0 Å². The van der Waals surface area contributed by atoms with Gasteiger partial charge in [0.2, 0.25) is 5.91 Å². The number of hydrogen-bond acceptors (Lipinski definition) is 4. The molecule has 0 aliphatic rings. The lowest BCUT2D eigenvalue weighted by Crippen LogP contribution is -2.24. The van der Waals surface area contributed by atoms with Crippen LogP contribution in [-0.2, 0) is 23.9 Å². The molecule has 8 heteroatoms. The molecule has 1 N–H and O–H groups in total. The molecule has 0 unspecified atom stereocenters. The minimum Gasteiger partial charge on any atom is -0.463 e. The maximum absolute atomic E-state index is 12.5. The Morgan fingerprint density at radius 1 is 1.07 bits per heavy atom. The molecule has 2 heterocycles. The van der Waals surface area contributed by atoms with Gasteiger partial charge in [-0.15, -0.1) is 0 Å². The highest BCUT2D eigenvalue weighted by molar-refractivity contribution is 5.76. The first-order chi connectivity index (χ1) is 12.9. The van der Waals surface area contributed by atoms with Crippen molar-refractivity contribution < 1.29 is 22.4 Å². The zero-order valence-corrected chi connectivity index (χ0v) is 14.2. The van der Waals surface area contributed by atoms with E-state index in [4.69, 9.17) is 4.42 Å². The Morgan fingerprint density at radius 2 is 1.81 bits per heavy atom. The Labute approximate surface area is 153 Å². The number of rotatable bonds is 6. The van der Waals surface area contributed by atoms with Crippen LogP contribution in [0.2, 0.25) is 0 Å². The Kier molecular flexibility index (Phi) is 5.54. The smallest absolute Gasteiger partial charge is 0.416 e. The molecule has 5 nitrogen and oxygen atoms in total. The number of aryl methyl sites for hydroxylation is 1. The van der Waals surface area contributed by atoms with Gasteiger partial charge in [-0.3, -0.25) is 9.78 Å². The lowest BCUT2D eigenvalue weighted by Gasteiger charge is -2.09. The van der Waals surface area contributed by atoms with Gasteiger partial charge >= 0.3 is 6.18 Å². The topological polar surface area (TPSA) is 68.0 Å². The highest BCUT2D eigenvalue weighted by Gasteiger charge is 2.29. The number of carbonyl (C=O) groups excluding carboxylic acids is 1. The lowest BCUT2D eigenvalue weighted by molar-refractivity contribution is -0.137. The zero-order chi connectivity index (χ0) is 19.3. The van der Waals surface area contributed by atoms with Crippen LogP contribution < -0.4 is 5.32 Å². The van der Waals surface area contributed by atoms with Crippen molar-refractivity contribution >= 4 is 5.91 Å². The first-order valence-electron chi connectivity index (χ1n) is 8.20. The number of aromatic nitrogens is 2. The van der Waals surface area contributed by atoms with Crippen LogP contribution in [0.4, 0.5) is 13.2 Å². The molecule has 3 rings (SSSR count). The van der Waals surface area contributed by atoms with Gasteiger partial charge < -0.3 is 9.73 Å². The highest BCUT2D eigenvalue weighted by Crippen LogP contribution is 2.29. The quantitative estimate of drug-likeness (QED) is 0.707. The van der Waals surface area contributed by atoms with Gasteiger partial charge in [-0.1, -0.05) is 12.1 Å². The van der Waals surface area contributed by atoms with Gasteiger partial charge in [0, 0.05) is 18.8 Å². The van der Waals surface area contributed by atoms with Crippen LogP contribution in [0.5, 0.6) is 0 Å². The maximum Gasteiger partial charge on any atom is 0.416 e. The molecular formula is C19H16F3N3O2. The van der Waals surface area contributed by atoms with Crippen LogP contribution in [0.15, 0.2) is 59.5 Å². The number of benzene rings is 1. The summed E-state index contributed by atoms with van der Waals surface area (Å²) >= 11 is 0. The first kappa shape index (κ1) is 18.6. The third-order valence-electron chi connectivity index (χ3n) is 3.90. The summed E-state index contributed by atoms with van der Waals surface area (Å²) in [6.07, 6.45) is 0.718. The van der Waals surface area contributed by atoms with Crippen LogP contribution in [0.25, 0.3) is 11.5 Å². The molecule has 140 valence electrons. The van der Waals surface area contributed by atoms with Gasteiger partial charge in [0.05, 0.1) is 24.1 Å². The summed E-state index contributed by atoms with van der Waals surface area (Å²) in [5.41, 5.74) is 1.07. The largest absolute Gasteiger partial charge is 0.463 e. The fourth-order valence-corrected chi connectivity index (χ4v) is 2.50. The minimum atomic E-state index is -4.36. The molecule has 2 aromatic heterocycles. The molecule has 0 saturated heterocycles. The van der Waals surface area contributed by atoms with E-state index in [1.165, 1.54) is 30.8 Å². The van der Waals surface area contributed by atoms with Gasteiger partial charge in [0.25, 0.3) is 0 Å². The van der Waals surface area contributed by atoms with E-state index in [0.717, 1.165) is 12.1 Å². The van der Waals surface area contributed by atoms with Crippen molar-refractivity contribution in [2.24, 2.45) is 0 Å². The highest BCUT2D eigenvalue weighted by atomic mass is 19.4. The summed E-state index contributed by atoms with van der Waals surface area (Å²) in [5.74, 6) is 0.322. The Bertz CT molecular complexity index is 891. The second-order valence-corrected chi connectivity index (χ2v) is 5.80. The average molecular weight is 375 g/mol. The van der Waals surface area contributed by atoms with Crippen molar-refractivity contribution in [1.82, 2.24) is 15.3 Å². The number of furan rings is 1. The molecule has 27 heavy (non-hydrogen) atoms. The average Bonchev–Trinajstić information content (AvgIpc) is 3.19. The number of carbonyl (C=O) groups is 1. The molecule has 0 atom stereocenters. The molecule has 0 spiro atoms. The number of amides is 1. The van der Waals surface area contributed by atoms with E-state index >= 15 is 0 Å².